The molecule has 60 heavy (non-hydrogen) atoms. The summed E-state index contributed by atoms with van der Waals surface area (Å²) in [6, 6.07) is 12.9. The molecule has 2 bridgehead atoms. The highest BCUT2D eigenvalue weighted by Crippen LogP contribution is 2.37. The summed E-state index contributed by atoms with van der Waals surface area (Å²) in [6.07, 6.45) is 7.03. The molecule has 312 valence electrons. The zero-order chi connectivity index (χ0) is 41.7. The molecule has 2 N–H and O–H groups in total. The lowest BCUT2D eigenvalue weighted by Crippen LogP contribution is -2.55. The van der Waals surface area contributed by atoms with Crippen LogP contribution < -0.4 is 25.2 Å². The third-order valence-electron chi connectivity index (χ3n) is 13.1. The molecule has 1 saturated carbocycles. The molecule has 3 atom stereocenters. The van der Waals surface area contributed by atoms with Crippen molar-refractivity contribution in [1.29, 1.82) is 5.26 Å². The van der Waals surface area contributed by atoms with E-state index in [1.54, 1.807) is 24.3 Å². The third-order valence-corrected chi connectivity index (χ3v) is 13.5. The molecule has 0 radical (unpaired) electrons. The van der Waals surface area contributed by atoms with Crippen LogP contribution in [0.25, 0.3) is 0 Å². The van der Waals surface area contributed by atoms with Crippen molar-refractivity contribution < 1.29 is 33.1 Å². The fraction of sp³-hybridized carbons (Fsp3) is 0.488. The molecule has 6 heterocycles. The number of rotatable bonds is 9. The predicted octanol–water partition coefficient (Wildman–Crippen LogP) is 4.23. The molecule has 2 aromatic carbocycles. The van der Waals surface area contributed by atoms with Crippen LogP contribution in [-0.4, -0.2) is 113 Å². The van der Waals surface area contributed by atoms with E-state index in [1.165, 1.54) is 6.07 Å². The van der Waals surface area contributed by atoms with E-state index in [1.807, 2.05) is 17.0 Å². The first kappa shape index (κ1) is 39.8. The Hall–Kier alpha value is -5.66. The first-order chi connectivity index (χ1) is 29.0. The molecular formula is C43H45ClFN9O6. The number of amides is 5. The third kappa shape index (κ3) is 7.76. The number of halogens is 2. The quantitative estimate of drug-likeness (QED) is 0.294. The lowest BCUT2D eigenvalue weighted by molar-refractivity contribution is -0.136. The number of benzene rings is 2. The Bertz CT molecular complexity index is 2260. The van der Waals surface area contributed by atoms with Gasteiger partial charge >= 0.3 is 0 Å². The fourth-order valence-electron chi connectivity index (χ4n) is 9.90. The lowest BCUT2D eigenvalue weighted by Gasteiger charge is -2.44. The van der Waals surface area contributed by atoms with Gasteiger partial charge in [0.25, 0.3) is 17.7 Å². The number of anilines is 2. The highest BCUT2D eigenvalue weighted by molar-refractivity contribution is 6.31. The molecule has 6 aliphatic rings. The van der Waals surface area contributed by atoms with E-state index in [0.29, 0.717) is 47.4 Å². The molecule has 5 amide bonds. The van der Waals surface area contributed by atoms with E-state index >= 15 is 4.39 Å². The zero-order valence-corrected chi connectivity index (χ0v) is 33.7. The van der Waals surface area contributed by atoms with Crippen LogP contribution in [-0.2, 0) is 9.59 Å². The van der Waals surface area contributed by atoms with Gasteiger partial charge in [0.2, 0.25) is 11.8 Å². The van der Waals surface area contributed by atoms with Gasteiger partial charge in [-0.1, -0.05) is 11.6 Å². The Morgan fingerprint density at radius 3 is 2.25 bits per heavy atom. The molecule has 4 saturated heterocycles. The van der Waals surface area contributed by atoms with Gasteiger partial charge in [-0.15, -0.1) is 10.2 Å². The summed E-state index contributed by atoms with van der Waals surface area (Å²) in [7, 11) is 0. The van der Waals surface area contributed by atoms with Crippen LogP contribution in [0.15, 0.2) is 42.5 Å². The number of carbonyl (C=O) groups is 5. The van der Waals surface area contributed by atoms with Crippen LogP contribution in [0.1, 0.15) is 101 Å². The van der Waals surface area contributed by atoms with E-state index in [0.717, 1.165) is 87.8 Å². The number of ether oxygens (including phenoxy) is 1. The maximum Gasteiger partial charge on any atom is 0.272 e. The van der Waals surface area contributed by atoms with E-state index in [2.05, 4.69) is 30.6 Å². The second kappa shape index (κ2) is 16.4. The maximum absolute atomic E-state index is 15.5. The number of nitriles is 1. The average Bonchev–Trinajstić information content (AvgIpc) is 3.61. The Labute approximate surface area is 351 Å². The van der Waals surface area contributed by atoms with Crippen LogP contribution >= 0.6 is 11.6 Å². The molecular weight excluding hydrogens is 793 g/mol. The highest BCUT2D eigenvalue weighted by atomic mass is 35.5. The van der Waals surface area contributed by atoms with Crippen molar-refractivity contribution in [1.82, 2.24) is 30.6 Å². The van der Waals surface area contributed by atoms with Gasteiger partial charge in [0.05, 0.1) is 33.5 Å². The van der Waals surface area contributed by atoms with Crippen molar-refractivity contribution in [3.05, 3.63) is 75.7 Å². The highest BCUT2D eigenvalue weighted by Gasteiger charge is 2.46. The van der Waals surface area contributed by atoms with Gasteiger partial charge in [-0.2, -0.15) is 5.26 Å². The summed E-state index contributed by atoms with van der Waals surface area (Å²) in [4.78, 5) is 71.4. The Kier molecular flexibility index (Phi) is 10.9. The molecule has 5 aliphatic heterocycles. The number of fused-ring (bicyclic) bond motifs is 3. The topological polar surface area (TPSA) is 181 Å². The molecule has 5 fully saturated rings. The van der Waals surface area contributed by atoms with Gasteiger partial charge in [-0.05, 0) is 100 Å². The smallest absolute Gasteiger partial charge is 0.272 e. The van der Waals surface area contributed by atoms with Crippen molar-refractivity contribution in [2.24, 2.45) is 5.92 Å². The predicted molar refractivity (Wildman–Crippen MR) is 216 cm³/mol. The van der Waals surface area contributed by atoms with E-state index in [9.17, 15) is 24.0 Å². The standard InChI is InChI=1S/C43H45ClFN9O6/c44-33-17-30(6-1-25(33)20-46)60-29-7-2-26(3-8-29)47-40(56)35-9-11-38(50-49-35)52-22-27-4-5-28(23-52)53(27)21-24-13-15-51(16-14-24)37-19-32-31(18-34(37)45)42(58)54(43(32)59)36-10-12-39(55)48-41(36)57/h1,6,9,11,17-19,24,26-29,36H,2-5,7-8,10,12-16,21-23H2,(H,47,56)(H,48,55,57). The molecule has 1 aliphatic carbocycles. The lowest BCUT2D eigenvalue weighted by atomic mass is 9.93. The molecule has 9 rings (SSSR count). The molecule has 1 aromatic heterocycles. The van der Waals surface area contributed by atoms with Crippen molar-refractivity contribution >= 4 is 52.6 Å². The van der Waals surface area contributed by atoms with E-state index < -0.39 is 35.5 Å². The summed E-state index contributed by atoms with van der Waals surface area (Å²) in [5.74, 6) is -1.54. The van der Waals surface area contributed by atoms with Crippen LogP contribution in [0.5, 0.6) is 5.75 Å². The van der Waals surface area contributed by atoms with Gasteiger partial charge in [0.1, 0.15) is 23.7 Å². The minimum atomic E-state index is -1.10. The Balaban J connectivity index is 0.739. The monoisotopic (exact) mass is 837 g/mol. The van der Waals surface area contributed by atoms with Crippen molar-refractivity contribution in [3.8, 4) is 11.8 Å². The van der Waals surface area contributed by atoms with Crippen LogP contribution in [0.4, 0.5) is 15.9 Å². The summed E-state index contributed by atoms with van der Waals surface area (Å²) >= 11 is 6.15. The molecule has 0 spiro atoms. The van der Waals surface area contributed by atoms with Crippen molar-refractivity contribution in [2.75, 3.05) is 42.5 Å². The second-order valence-corrected chi connectivity index (χ2v) is 17.2. The summed E-state index contributed by atoms with van der Waals surface area (Å²) < 4.78 is 21.6. The first-order valence-electron chi connectivity index (χ1n) is 20.8. The maximum atomic E-state index is 15.5. The van der Waals surface area contributed by atoms with Gasteiger partial charge in [-0.25, -0.2) is 4.39 Å². The van der Waals surface area contributed by atoms with Crippen molar-refractivity contribution in [3.63, 3.8) is 0 Å². The van der Waals surface area contributed by atoms with Crippen LogP contribution in [0.3, 0.4) is 0 Å². The molecule has 15 nitrogen and oxygen atoms in total. The van der Waals surface area contributed by atoms with Gasteiger partial charge in [-0.3, -0.25) is 39.1 Å². The minimum absolute atomic E-state index is 0.00476. The number of hydrogen-bond donors (Lipinski definition) is 2. The van der Waals surface area contributed by atoms with E-state index in [4.69, 9.17) is 21.6 Å². The summed E-state index contributed by atoms with van der Waals surface area (Å²) in [5, 5.41) is 23.6. The number of imide groups is 2. The largest absolute Gasteiger partial charge is 0.490 e. The van der Waals surface area contributed by atoms with Gasteiger partial charge in [0.15, 0.2) is 11.5 Å². The molecule has 3 unspecified atom stereocenters. The molecule has 3 aromatic rings. The second-order valence-electron chi connectivity index (χ2n) is 16.8. The Morgan fingerprint density at radius 2 is 1.60 bits per heavy atom. The fourth-order valence-corrected chi connectivity index (χ4v) is 10.1. The van der Waals surface area contributed by atoms with Crippen LogP contribution in [0, 0.1) is 23.1 Å². The Morgan fingerprint density at radius 1 is 0.883 bits per heavy atom. The normalized spacial score (nSPS) is 25.9. The first-order valence-corrected chi connectivity index (χ1v) is 21.2. The number of nitrogens with one attached hydrogen (secondary N) is 2. The number of aromatic nitrogens is 2. The van der Waals surface area contributed by atoms with Crippen LogP contribution in [0.2, 0.25) is 5.02 Å². The van der Waals surface area contributed by atoms with E-state index in [-0.39, 0.29) is 53.4 Å². The summed E-state index contributed by atoms with van der Waals surface area (Å²) in [6.45, 7) is 3.79. The zero-order valence-electron chi connectivity index (χ0n) is 32.9. The van der Waals surface area contributed by atoms with Crippen molar-refractivity contribution in [2.45, 2.75) is 94.5 Å². The molecule has 17 heteroatoms. The number of piperidine rings is 2. The minimum Gasteiger partial charge on any atom is -0.490 e. The SMILES string of the molecule is N#Cc1ccc(OC2CCC(NC(=O)c3ccc(N4CC5CCC(C4)N5CC4CCN(c5cc6c(cc5F)C(=O)N(C5CCC(=O)NC5=O)C6=O)CC4)nn3)CC2)cc1Cl. The van der Waals surface area contributed by atoms with Gasteiger partial charge in [0, 0.05) is 63.3 Å². The average molecular weight is 838 g/mol. The summed E-state index contributed by atoms with van der Waals surface area (Å²) in [5.41, 5.74) is 0.983. The number of nitrogens with zero attached hydrogens (tertiary/aromatic N) is 7. The number of piperazine rings is 1. The number of carbonyl (C=O) groups excluding carboxylic acids is 5. The number of hydrogen-bond acceptors (Lipinski definition) is 12. The van der Waals surface area contributed by atoms with Gasteiger partial charge < -0.3 is 19.9 Å².